The minimum atomic E-state index is -3.30. The van der Waals surface area contributed by atoms with E-state index in [0.29, 0.717) is 18.1 Å². The van der Waals surface area contributed by atoms with Crippen LogP contribution in [0.2, 0.25) is 0 Å². The molecular formula is C23H25F2N3O2. The van der Waals surface area contributed by atoms with Crippen LogP contribution in [0.3, 0.4) is 0 Å². The maximum absolute atomic E-state index is 13.3. The number of nitrogens with zero attached hydrogens (tertiary/aromatic N) is 2. The lowest BCUT2D eigenvalue weighted by atomic mass is 9.82. The second-order valence-electron chi connectivity index (χ2n) is 7.36. The third-order valence-electron chi connectivity index (χ3n) is 5.03. The van der Waals surface area contributed by atoms with E-state index in [2.05, 4.69) is 16.3 Å². The molecule has 1 aliphatic rings. The molecule has 1 aliphatic heterocycles. The molecule has 0 fully saturated rings. The van der Waals surface area contributed by atoms with E-state index in [9.17, 15) is 13.6 Å². The SMILES string of the molecule is C=CCCCc1cccc(C2(c3ccc(OC(C)(F)F)cc3)N=C(N)N(C)C2=O)c1. The fourth-order valence-corrected chi connectivity index (χ4v) is 3.56. The van der Waals surface area contributed by atoms with Gasteiger partial charge in [-0.2, -0.15) is 8.78 Å². The summed E-state index contributed by atoms with van der Waals surface area (Å²) in [5.41, 5.74) is 6.87. The van der Waals surface area contributed by atoms with Gasteiger partial charge in [0.05, 0.1) is 0 Å². The van der Waals surface area contributed by atoms with Gasteiger partial charge in [0.1, 0.15) is 5.75 Å². The van der Waals surface area contributed by atoms with E-state index >= 15 is 0 Å². The van der Waals surface area contributed by atoms with Crippen LogP contribution in [0, 0.1) is 0 Å². The highest BCUT2D eigenvalue weighted by atomic mass is 19.3. The monoisotopic (exact) mass is 413 g/mol. The fourth-order valence-electron chi connectivity index (χ4n) is 3.56. The molecule has 2 aromatic rings. The first-order valence-corrected chi connectivity index (χ1v) is 9.68. The molecule has 3 rings (SSSR count). The highest BCUT2D eigenvalue weighted by Crippen LogP contribution is 2.40. The quantitative estimate of drug-likeness (QED) is 0.521. The van der Waals surface area contributed by atoms with E-state index in [-0.39, 0.29) is 17.6 Å². The summed E-state index contributed by atoms with van der Waals surface area (Å²) in [7, 11) is 1.56. The molecule has 0 bridgehead atoms. The Bertz CT molecular complexity index is 967. The predicted molar refractivity (Wildman–Crippen MR) is 112 cm³/mol. The van der Waals surface area contributed by atoms with Crippen LogP contribution in [0.5, 0.6) is 5.75 Å². The number of aliphatic imine (C=N–C) groups is 1. The van der Waals surface area contributed by atoms with Gasteiger partial charge in [0.2, 0.25) is 0 Å². The Kier molecular flexibility index (Phi) is 5.92. The number of ether oxygens (including phenoxy) is 1. The molecule has 2 aromatic carbocycles. The van der Waals surface area contributed by atoms with Crippen LogP contribution in [0.15, 0.2) is 66.2 Å². The number of carbonyl (C=O) groups is 1. The molecule has 0 saturated heterocycles. The highest BCUT2D eigenvalue weighted by Gasteiger charge is 2.49. The molecule has 0 aliphatic carbocycles. The summed E-state index contributed by atoms with van der Waals surface area (Å²) in [5, 5.41) is 0. The van der Waals surface area contributed by atoms with Gasteiger partial charge in [-0.25, -0.2) is 4.99 Å². The van der Waals surface area contributed by atoms with Crippen molar-refractivity contribution in [3.8, 4) is 5.75 Å². The number of nitrogens with two attached hydrogens (primary N) is 1. The molecule has 7 heteroatoms. The predicted octanol–water partition coefficient (Wildman–Crippen LogP) is 4.22. The topological polar surface area (TPSA) is 67.9 Å². The summed E-state index contributed by atoms with van der Waals surface area (Å²) in [6, 6.07) is 13.6. The number of hydrogen-bond donors (Lipinski definition) is 1. The Hall–Kier alpha value is -3.22. The van der Waals surface area contributed by atoms with Crippen molar-refractivity contribution >= 4 is 11.9 Å². The van der Waals surface area contributed by atoms with Crippen molar-refractivity contribution in [2.45, 2.75) is 37.8 Å². The van der Waals surface area contributed by atoms with Crippen LogP contribution >= 0.6 is 0 Å². The number of alkyl halides is 2. The standard InChI is InChI=1S/C23H25F2N3O2/c1-4-5-6-8-16-9-7-10-18(15-16)23(20(29)28(3)21(26)27-23)17-11-13-19(14-12-17)30-22(2,24)25/h4,7,9-15H,1,5-6,8H2,2-3H3,(H2,26,27). The lowest BCUT2D eigenvalue weighted by Gasteiger charge is -2.27. The average Bonchev–Trinajstić information content (AvgIpc) is 2.93. The maximum Gasteiger partial charge on any atom is 0.394 e. The zero-order valence-corrected chi connectivity index (χ0v) is 17.1. The van der Waals surface area contributed by atoms with Crippen LogP contribution in [0.4, 0.5) is 8.78 Å². The Balaban J connectivity index is 2.05. The third-order valence-corrected chi connectivity index (χ3v) is 5.03. The van der Waals surface area contributed by atoms with E-state index < -0.39 is 11.6 Å². The van der Waals surface area contributed by atoms with Crippen molar-refractivity contribution in [3.63, 3.8) is 0 Å². The van der Waals surface area contributed by atoms with Gasteiger partial charge in [-0.05, 0) is 48.1 Å². The number of benzene rings is 2. The van der Waals surface area contributed by atoms with Crippen LogP contribution in [0.1, 0.15) is 36.5 Å². The summed E-state index contributed by atoms with van der Waals surface area (Å²) in [6.07, 6.45) is 1.24. The van der Waals surface area contributed by atoms with Gasteiger partial charge in [-0.3, -0.25) is 9.69 Å². The largest absolute Gasteiger partial charge is 0.433 e. The van der Waals surface area contributed by atoms with Crippen molar-refractivity contribution in [3.05, 3.63) is 77.9 Å². The normalized spacial score (nSPS) is 19.0. The Morgan fingerprint density at radius 2 is 1.93 bits per heavy atom. The number of unbranched alkanes of at least 4 members (excludes halogenated alkanes) is 1. The molecule has 0 saturated carbocycles. The van der Waals surface area contributed by atoms with Crippen LogP contribution in [-0.4, -0.2) is 29.9 Å². The smallest absolute Gasteiger partial charge is 0.394 e. The molecule has 158 valence electrons. The van der Waals surface area contributed by atoms with E-state index in [1.807, 2.05) is 30.3 Å². The first-order chi connectivity index (χ1) is 14.2. The van der Waals surface area contributed by atoms with Gasteiger partial charge in [0, 0.05) is 14.0 Å². The molecule has 5 nitrogen and oxygen atoms in total. The minimum Gasteiger partial charge on any atom is -0.433 e. The Morgan fingerprint density at radius 3 is 2.50 bits per heavy atom. The van der Waals surface area contributed by atoms with Gasteiger partial charge < -0.3 is 10.5 Å². The molecule has 0 aromatic heterocycles. The maximum atomic E-state index is 13.3. The number of rotatable bonds is 8. The van der Waals surface area contributed by atoms with E-state index in [1.54, 1.807) is 19.2 Å². The van der Waals surface area contributed by atoms with Gasteiger partial charge in [-0.15, -0.1) is 6.58 Å². The number of likely N-dealkylation sites (N-methyl/N-ethyl adjacent to an activating group) is 1. The molecule has 2 N–H and O–H groups in total. The first-order valence-electron chi connectivity index (χ1n) is 9.68. The lowest BCUT2D eigenvalue weighted by Crippen LogP contribution is -2.41. The second-order valence-corrected chi connectivity index (χ2v) is 7.36. The lowest BCUT2D eigenvalue weighted by molar-refractivity contribution is -0.159. The summed E-state index contributed by atoms with van der Waals surface area (Å²) in [4.78, 5) is 19.1. The van der Waals surface area contributed by atoms with Crippen LogP contribution in [0.25, 0.3) is 0 Å². The molecule has 1 amide bonds. The van der Waals surface area contributed by atoms with Crippen molar-refractivity contribution in [1.82, 2.24) is 4.90 Å². The molecule has 0 spiro atoms. The average molecular weight is 413 g/mol. The highest BCUT2D eigenvalue weighted by molar-refractivity contribution is 6.08. The number of guanidine groups is 1. The summed E-state index contributed by atoms with van der Waals surface area (Å²) < 4.78 is 30.9. The second kappa shape index (κ2) is 8.26. The summed E-state index contributed by atoms with van der Waals surface area (Å²) >= 11 is 0. The molecule has 1 unspecified atom stereocenters. The molecule has 30 heavy (non-hydrogen) atoms. The number of aryl methyl sites for hydroxylation is 1. The summed E-state index contributed by atoms with van der Waals surface area (Å²) in [6.45, 7) is 4.41. The van der Waals surface area contributed by atoms with Crippen molar-refractivity contribution in [2.75, 3.05) is 7.05 Å². The zero-order chi connectivity index (χ0) is 21.9. The number of hydrogen-bond acceptors (Lipinski definition) is 4. The number of allylic oxidation sites excluding steroid dienone is 1. The van der Waals surface area contributed by atoms with Gasteiger partial charge in [0.15, 0.2) is 11.5 Å². The van der Waals surface area contributed by atoms with Crippen LogP contribution in [-0.2, 0) is 16.8 Å². The third kappa shape index (κ3) is 4.20. The van der Waals surface area contributed by atoms with E-state index in [0.717, 1.165) is 24.8 Å². The number of amides is 1. The summed E-state index contributed by atoms with van der Waals surface area (Å²) in [5.74, 6) is -0.217. The van der Waals surface area contributed by atoms with Crippen molar-refractivity contribution < 1.29 is 18.3 Å². The van der Waals surface area contributed by atoms with E-state index in [1.165, 1.54) is 17.0 Å². The zero-order valence-electron chi connectivity index (χ0n) is 17.1. The van der Waals surface area contributed by atoms with E-state index in [4.69, 9.17) is 5.73 Å². The Morgan fingerprint density at radius 1 is 1.23 bits per heavy atom. The minimum absolute atomic E-state index is 0.00433. The number of carbonyl (C=O) groups excluding carboxylic acids is 1. The fraction of sp³-hybridized carbons (Fsp3) is 0.304. The van der Waals surface area contributed by atoms with Crippen molar-refractivity contribution in [1.29, 1.82) is 0 Å². The van der Waals surface area contributed by atoms with Gasteiger partial charge >= 0.3 is 6.11 Å². The van der Waals surface area contributed by atoms with Gasteiger partial charge in [-0.1, -0.05) is 42.5 Å². The first kappa shape index (κ1) is 21.5. The van der Waals surface area contributed by atoms with Gasteiger partial charge in [0.25, 0.3) is 5.91 Å². The molecule has 1 heterocycles. The molecule has 0 radical (unpaired) electrons. The molecular weight excluding hydrogens is 388 g/mol. The Labute approximate surface area is 174 Å². The van der Waals surface area contributed by atoms with Crippen molar-refractivity contribution in [2.24, 2.45) is 10.7 Å². The molecule has 1 atom stereocenters. The van der Waals surface area contributed by atoms with Crippen LogP contribution < -0.4 is 10.5 Å². The number of halogens is 2.